The van der Waals surface area contributed by atoms with Crippen molar-refractivity contribution in [2.45, 2.75) is 6.61 Å². The van der Waals surface area contributed by atoms with Gasteiger partial charge in [-0.2, -0.15) is 8.78 Å². The van der Waals surface area contributed by atoms with Gasteiger partial charge >= 0.3 is 12.6 Å². The lowest BCUT2D eigenvalue weighted by Crippen LogP contribution is -2.25. The van der Waals surface area contributed by atoms with Gasteiger partial charge < -0.3 is 20.5 Å². The van der Waals surface area contributed by atoms with Crippen LogP contribution in [-0.4, -0.2) is 36.7 Å². The number of carbonyl (C=O) groups excluding carboxylic acids is 4. The zero-order chi connectivity index (χ0) is 24.4. The summed E-state index contributed by atoms with van der Waals surface area (Å²) in [6.45, 7) is -3.86. The summed E-state index contributed by atoms with van der Waals surface area (Å²) in [5.41, 5.74) is 5.92. The van der Waals surface area contributed by atoms with Crippen molar-refractivity contribution in [3.63, 3.8) is 0 Å². The largest absolute Gasteiger partial charge is 0.452 e. The molecule has 0 fully saturated rings. The molecule has 3 aromatic rings. The number of nitrogen functional groups attached to an aromatic ring is 1. The molecular weight excluding hydrogens is 450 g/mol. The summed E-state index contributed by atoms with van der Waals surface area (Å²) in [6, 6.07) is 14.3. The number of esters is 1. The number of para-hydroxylation sites is 2. The van der Waals surface area contributed by atoms with Gasteiger partial charge in [-0.05, 0) is 24.3 Å². The molecule has 3 aromatic carbocycles. The predicted molar refractivity (Wildman–Crippen MR) is 116 cm³/mol. The van der Waals surface area contributed by atoms with E-state index in [1.54, 1.807) is 12.1 Å². The molecule has 172 valence electrons. The Labute approximate surface area is 191 Å². The van der Waals surface area contributed by atoms with E-state index in [0.717, 1.165) is 0 Å². The fraction of sp³-hybridized carbons (Fsp3) is 0.0833. The van der Waals surface area contributed by atoms with Gasteiger partial charge in [-0.1, -0.05) is 36.4 Å². The molecule has 1 amide bonds. The third-order valence-electron chi connectivity index (χ3n) is 5.06. The van der Waals surface area contributed by atoms with Crippen molar-refractivity contribution < 1.29 is 37.4 Å². The van der Waals surface area contributed by atoms with Crippen molar-refractivity contribution in [1.29, 1.82) is 0 Å². The lowest BCUT2D eigenvalue weighted by molar-refractivity contribution is -0.119. The number of benzene rings is 3. The number of amides is 1. The van der Waals surface area contributed by atoms with Crippen LogP contribution in [0.2, 0.25) is 0 Å². The molecule has 1 aliphatic carbocycles. The second-order valence-electron chi connectivity index (χ2n) is 7.15. The van der Waals surface area contributed by atoms with Gasteiger partial charge in [-0.3, -0.25) is 14.4 Å². The molecule has 1 aliphatic rings. The van der Waals surface area contributed by atoms with E-state index in [0.29, 0.717) is 0 Å². The average Bonchev–Trinajstić information content (AvgIpc) is 2.82. The summed E-state index contributed by atoms with van der Waals surface area (Å²) < 4.78 is 34.3. The molecule has 0 radical (unpaired) electrons. The van der Waals surface area contributed by atoms with Crippen molar-refractivity contribution in [2.75, 3.05) is 17.7 Å². The van der Waals surface area contributed by atoms with E-state index in [-0.39, 0.29) is 44.9 Å². The Bertz CT molecular complexity index is 1340. The Morgan fingerprint density at radius 3 is 2.24 bits per heavy atom. The van der Waals surface area contributed by atoms with Crippen LogP contribution >= 0.6 is 0 Å². The van der Waals surface area contributed by atoms with Crippen LogP contribution in [-0.2, 0) is 9.53 Å². The standard InChI is InChI=1S/C24H16F2N2O6/c25-24(26)34-17-8-4-3-7-16(17)28-18(29)11-33-23(32)15-10-9-14-19(20(15)27)22(31)13-6-2-1-5-12(13)21(14)30/h1-10,24H,11,27H2,(H,28,29). The van der Waals surface area contributed by atoms with Crippen molar-refractivity contribution in [3.05, 3.63) is 88.5 Å². The second-order valence-corrected chi connectivity index (χ2v) is 7.15. The molecule has 0 saturated carbocycles. The van der Waals surface area contributed by atoms with Crippen molar-refractivity contribution in [3.8, 4) is 5.75 Å². The maximum absolute atomic E-state index is 12.9. The summed E-state index contributed by atoms with van der Waals surface area (Å²) in [5, 5.41) is 2.31. The number of nitrogens with two attached hydrogens (primary N) is 1. The number of rotatable bonds is 6. The molecule has 0 aliphatic heterocycles. The first-order chi connectivity index (χ1) is 16.3. The summed E-state index contributed by atoms with van der Waals surface area (Å²) in [5.74, 6) is -3.01. The first-order valence-corrected chi connectivity index (χ1v) is 9.89. The summed E-state index contributed by atoms with van der Waals surface area (Å²) in [4.78, 5) is 50.4. The number of fused-ring (bicyclic) bond motifs is 2. The quantitative estimate of drug-likeness (QED) is 0.329. The third-order valence-corrected chi connectivity index (χ3v) is 5.06. The van der Waals surface area contributed by atoms with E-state index in [9.17, 15) is 28.0 Å². The van der Waals surface area contributed by atoms with Gasteiger partial charge in [0.15, 0.2) is 18.2 Å². The monoisotopic (exact) mass is 466 g/mol. The second kappa shape index (κ2) is 9.10. The molecule has 0 spiro atoms. The van der Waals surface area contributed by atoms with Gasteiger partial charge in [-0.15, -0.1) is 0 Å². The van der Waals surface area contributed by atoms with Crippen LogP contribution < -0.4 is 15.8 Å². The molecule has 0 heterocycles. The summed E-state index contributed by atoms with van der Waals surface area (Å²) in [6.07, 6.45) is 0. The van der Waals surface area contributed by atoms with Crippen LogP contribution in [0.15, 0.2) is 60.7 Å². The minimum absolute atomic E-state index is 0.0417. The highest BCUT2D eigenvalue weighted by Crippen LogP contribution is 2.33. The highest BCUT2D eigenvalue weighted by Gasteiger charge is 2.33. The minimum Gasteiger partial charge on any atom is -0.452 e. The molecule has 4 rings (SSSR count). The van der Waals surface area contributed by atoms with E-state index < -0.39 is 36.7 Å². The number of anilines is 2. The molecular formula is C24H16F2N2O6. The van der Waals surface area contributed by atoms with Gasteiger partial charge in [-0.25, -0.2) is 4.79 Å². The number of hydrogen-bond acceptors (Lipinski definition) is 7. The van der Waals surface area contributed by atoms with E-state index in [4.69, 9.17) is 10.5 Å². The van der Waals surface area contributed by atoms with Crippen molar-refractivity contribution in [2.24, 2.45) is 0 Å². The number of ether oxygens (including phenoxy) is 2. The minimum atomic E-state index is -3.09. The van der Waals surface area contributed by atoms with E-state index in [1.807, 2.05) is 0 Å². The predicted octanol–water partition coefficient (Wildman–Crippen LogP) is 3.44. The maximum atomic E-state index is 12.9. The normalized spacial score (nSPS) is 12.1. The van der Waals surface area contributed by atoms with Crippen LogP contribution in [0.3, 0.4) is 0 Å². The van der Waals surface area contributed by atoms with Crippen LogP contribution in [0, 0.1) is 0 Å². The number of nitrogens with one attached hydrogen (secondary N) is 1. The van der Waals surface area contributed by atoms with Crippen LogP contribution in [0.1, 0.15) is 42.2 Å². The number of alkyl halides is 2. The summed E-state index contributed by atoms with van der Waals surface area (Å²) >= 11 is 0. The van der Waals surface area contributed by atoms with Gasteiger partial charge in [0.25, 0.3) is 5.91 Å². The Balaban J connectivity index is 1.49. The molecule has 3 N–H and O–H groups in total. The Morgan fingerprint density at radius 1 is 0.882 bits per heavy atom. The summed E-state index contributed by atoms with van der Waals surface area (Å²) in [7, 11) is 0. The van der Waals surface area contributed by atoms with Crippen molar-refractivity contribution in [1.82, 2.24) is 0 Å². The first kappa shape index (κ1) is 22.6. The Morgan fingerprint density at radius 2 is 1.53 bits per heavy atom. The Kier molecular flexibility index (Phi) is 6.05. The smallest absolute Gasteiger partial charge is 0.387 e. The molecule has 0 unspecified atom stereocenters. The van der Waals surface area contributed by atoms with Gasteiger partial charge in [0.1, 0.15) is 5.75 Å². The number of hydrogen-bond donors (Lipinski definition) is 2. The number of carbonyl (C=O) groups is 4. The lowest BCUT2D eigenvalue weighted by Gasteiger charge is -2.20. The number of ketones is 2. The van der Waals surface area contributed by atoms with Crippen molar-refractivity contribution >= 4 is 34.8 Å². The molecule has 34 heavy (non-hydrogen) atoms. The molecule has 0 saturated heterocycles. The van der Waals surface area contributed by atoms with Gasteiger partial charge in [0.2, 0.25) is 0 Å². The van der Waals surface area contributed by atoms with Gasteiger partial charge in [0.05, 0.1) is 22.5 Å². The Hall–Kier alpha value is -4.60. The fourth-order valence-corrected chi connectivity index (χ4v) is 3.55. The topological polar surface area (TPSA) is 125 Å². The molecule has 0 aromatic heterocycles. The van der Waals surface area contributed by atoms with E-state index in [2.05, 4.69) is 10.1 Å². The highest BCUT2D eigenvalue weighted by molar-refractivity contribution is 6.30. The lowest BCUT2D eigenvalue weighted by atomic mass is 9.82. The fourth-order valence-electron chi connectivity index (χ4n) is 3.55. The first-order valence-electron chi connectivity index (χ1n) is 9.89. The average molecular weight is 466 g/mol. The highest BCUT2D eigenvalue weighted by atomic mass is 19.3. The van der Waals surface area contributed by atoms with E-state index >= 15 is 0 Å². The SMILES string of the molecule is Nc1c(C(=O)OCC(=O)Nc2ccccc2OC(F)F)ccc2c1C(=O)c1ccccc1C2=O. The number of halogens is 2. The third kappa shape index (κ3) is 4.20. The van der Waals surface area contributed by atoms with Crippen LogP contribution in [0.25, 0.3) is 0 Å². The zero-order valence-corrected chi connectivity index (χ0v) is 17.3. The van der Waals surface area contributed by atoms with Crippen LogP contribution in [0.5, 0.6) is 5.75 Å². The van der Waals surface area contributed by atoms with Gasteiger partial charge in [0, 0.05) is 16.7 Å². The van der Waals surface area contributed by atoms with E-state index in [1.165, 1.54) is 48.5 Å². The zero-order valence-electron chi connectivity index (χ0n) is 17.3. The molecule has 0 atom stereocenters. The molecule has 0 bridgehead atoms. The molecule has 8 nitrogen and oxygen atoms in total. The maximum Gasteiger partial charge on any atom is 0.387 e. The van der Waals surface area contributed by atoms with Crippen LogP contribution in [0.4, 0.5) is 20.2 Å². The molecule has 10 heteroatoms.